The highest BCUT2D eigenvalue weighted by Crippen LogP contribution is 2.21. The summed E-state index contributed by atoms with van der Waals surface area (Å²) in [6.45, 7) is -0.186. The first-order valence-electron chi connectivity index (χ1n) is 5.30. The number of hydrogen-bond acceptors (Lipinski definition) is 5. The van der Waals surface area contributed by atoms with Crippen molar-refractivity contribution in [3.63, 3.8) is 0 Å². The Morgan fingerprint density at radius 1 is 1.30 bits per heavy atom. The fraction of sp³-hybridized carbons (Fsp3) is 0.200. The van der Waals surface area contributed by atoms with Crippen LogP contribution in [0.4, 0.5) is 10.5 Å². The zero-order chi connectivity index (χ0) is 15.3. The SMILES string of the molecule is NS(=O)(=O)CCNC(=O)Nc1ccc(O)c(C(=O)O)c1. The Morgan fingerprint density at radius 2 is 1.95 bits per heavy atom. The maximum Gasteiger partial charge on any atom is 0.339 e. The maximum atomic E-state index is 11.4. The minimum Gasteiger partial charge on any atom is -0.507 e. The van der Waals surface area contributed by atoms with E-state index in [-0.39, 0.29) is 17.8 Å². The third-order valence-electron chi connectivity index (χ3n) is 2.16. The third-order valence-corrected chi connectivity index (χ3v) is 2.93. The van der Waals surface area contributed by atoms with Crippen LogP contribution in [0.15, 0.2) is 18.2 Å². The number of rotatable bonds is 5. The number of nitrogens with two attached hydrogens (primary N) is 1. The Hall–Kier alpha value is -2.33. The van der Waals surface area contributed by atoms with Gasteiger partial charge in [-0.05, 0) is 18.2 Å². The summed E-state index contributed by atoms with van der Waals surface area (Å²) in [4.78, 5) is 22.2. The molecule has 6 N–H and O–H groups in total. The second kappa shape index (κ2) is 6.21. The maximum absolute atomic E-state index is 11.4. The number of carboxylic acids is 1. The van der Waals surface area contributed by atoms with Crippen molar-refractivity contribution >= 4 is 27.7 Å². The number of phenols is 1. The molecule has 0 unspecified atom stereocenters. The van der Waals surface area contributed by atoms with Crippen molar-refractivity contribution in [2.45, 2.75) is 0 Å². The van der Waals surface area contributed by atoms with Crippen LogP contribution < -0.4 is 15.8 Å². The van der Waals surface area contributed by atoms with Gasteiger partial charge < -0.3 is 20.8 Å². The highest BCUT2D eigenvalue weighted by molar-refractivity contribution is 7.89. The van der Waals surface area contributed by atoms with Gasteiger partial charge in [-0.2, -0.15) is 0 Å². The second-order valence-electron chi connectivity index (χ2n) is 3.78. The number of aromatic carboxylic acids is 1. The number of sulfonamides is 1. The van der Waals surface area contributed by atoms with E-state index >= 15 is 0 Å². The summed E-state index contributed by atoms with van der Waals surface area (Å²) >= 11 is 0. The second-order valence-corrected chi connectivity index (χ2v) is 5.52. The molecule has 1 aromatic carbocycles. The molecule has 0 radical (unpaired) electrons. The van der Waals surface area contributed by atoms with Crippen LogP contribution in [0.1, 0.15) is 10.4 Å². The van der Waals surface area contributed by atoms with Crippen molar-refractivity contribution in [1.29, 1.82) is 0 Å². The first-order chi connectivity index (χ1) is 9.19. The molecule has 20 heavy (non-hydrogen) atoms. The number of benzene rings is 1. The van der Waals surface area contributed by atoms with E-state index in [4.69, 9.17) is 10.2 Å². The molecule has 0 aliphatic carbocycles. The molecular formula is C10H13N3O6S. The van der Waals surface area contributed by atoms with Gasteiger partial charge in [-0.15, -0.1) is 0 Å². The summed E-state index contributed by atoms with van der Waals surface area (Å²) in [5.74, 6) is -2.20. The van der Waals surface area contributed by atoms with Crippen molar-refractivity contribution in [3.05, 3.63) is 23.8 Å². The lowest BCUT2D eigenvalue weighted by atomic mass is 10.2. The average Bonchev–Trinajstić information content (AvgIpc) is 2.29. The molecule has 0 saturated carbocycles. The number of hydrogen-bond donors (Lipinski definition) is 5. The van der Waals surface area contributed by atoms with Gasteiger partial charge in [-0.25, -0.2) is 23.1 Å². The highest BCUT2D eigenvalue weighted by Gasteiger charge is 2.11. The summed E-state index contributed by atoms with van der Waals surface area (Å²) in [6, 6.07) is 2.75. The number of carbonyl (C=O) groups is 2. The van der Waals surface area contributed by atoms with Gasteiger partial charge in [0.1, 0.15) is 11.3 Å². The molecule has 0 aliphatic rings. The van der Waals surface area contributed by atoms with Gasteiger partial charge in [0.15, 0.2) is 0 Å². The van der Waals surface area contributed by atoms with Crippen molar-refractivity contribution in [3.8, 4) is 5.75 Å². The topological polar surface area (TPSA) is 159 Å². The molecule has 0 saturated heterocycles. The van der Waals surface area contributed by atoms with E-state index in [2.05, 4.69) is 10.6 Å². The van der Waals surface area contributed by atoms with Crippen LogP contribution in [-0.4, -0.2) is 42.9 Å². The van der Waals surface area contributed by atoms with Crippen LogP contribution in [0.2, 0.25) is 0 Å². The van der Waals surface area contributed by atoms with Crippen LogP contribution in [0.3, 0.4) is 0 Å². The first kappa shape index (κ1) is 15.7. The molecule has 0 aromatic heterocycles. The lowest BCUT2D eigenvalue weighted by Crippen LogP contribution is -2.34. The fourth-order valence-corrected chi connectivity index (χ4v) is 1.65. The summed E-state index contributed by atoms with van der Waals surface area (Å²) < 4.78 is 21.3. The minimum atomic E-state index is -3.67. The lowest BCUT2D eigenvalue weighted by Gasteiger charge is -2.08. The van der Waals surface area contributed by atoms with Crippen LogP contribution >= 0.6 is 0 Å². The highest BCUT2D eigenvalue weighted by atomic mass is 32.2. The molecule has 110 valence electrons. The molecule has 0 heterocycles. The summed E-state index contributed by atoms with van der Waals surface area (Å²) in [6.07, 6.45) is 0. The van der Waals surface area contributed by atoms with Gasteiger partial charge in [-0.3, -0.25) is 0 Å². The van der Waals surface area contributed by atoms with Gasteiger partial charge in [0.05, 0.1) is 5.75 Å². The minimum absolute atomic E-state index is 0.133. The van der Waals surface area contributed by atoms with E-state index in [1.807, 2.05) is 0 Å². The Kier molecular flexibility index (Phi) is 4.88. The predicted molar refractivity (Wildman–Crippen MR) is 70.1 cm³/mol. The Balaban J connectivity index is 2.63. The average molecular weight is 303 g/mol. The van der Waals surface area contributed by atoms with E-state index in [1.54, 1.807) is 0 Å². The monoisotopic (exact) mass is 303 g/mol. The molecule has 1 aromatic rings. The molecule has 9 nitrogen and oxygen atoms in total. The number of nitrogens with one attached hydrogen (secondary N) is 2. The quantitative estimate of drug-likeness (QED) is 0.461. The zero-order valence-electron chi connectivity index (χ0n) is 10.2. The number of aromatic hydroxyl groups is 1. The normalized spacial score (nSPS) is 10.8. The molecular weight excluding hydrogens is 290 g/mol. The molecule has 0 spiro atoms. The lowest BCUT2D eigenvalue weighted by molar-refractivity contribution is 0.0693. The van der Waals surface area contributed by atoms with E-state index in [9.17, 15) is 23.1 Å². The van der Waals surface area contributed by atoms with Crippen LogP contribution in [0, 0.1) is 0 Å². The van der Waals surface area contributed by atoms with E-state index in [0.717, 1.165) is 12.1 Å². The van der Waals surface area contributed by atoms with Crippen molar-refractivity contribution in [1.82, 2.24) is 5.32 Å². The van der Waals surface area contributed by atoms with Crippen molar-refractivity contribution in [2.75, 3.05) is 17.6 Å². The largest absolute Gasteiger partial charge is 0.507 e. The number of carboxylic acid groups (broad SMARTS) is 1. The molecule has 0 aliphatic heterocycles. The Morgan fingerprint density at radius 3 is 2.50 bits per heavy atom. The predicted octanol–water partition coefficient (Wildman–Crippen LogP) is -0.500. The number of carbonyl (C=O) groups excluding carboxylic acids is 1. The van der Waals surface area contributed by atoms with E-state index in [1.165, 1.54) is 6.07 Å². The molecule has 0 bridgehead atoms. The fourth-order valence-electron chi connectivity index (χ4n) is 1.27. The smallest absolute Gasteiger partial charge is 0.339 e. The van der Waals surface area contributed by atoms with Crippen LogP contribution in [0.25, 0.3) is 0 Å². The number of anilines is 1. The first-order valence-corrected chi connectivity index (χ1v) is 7.02. The van der Waals surface area contributed by atoms with Crippen LogP contribution in [-0.2, 0) is 10.0 Å². The van der Waals surface area contributed by atoms with Crippen molar-refractivity contribution < 1.29 is 28.2 Å². The van der Waals surface area contributed by atoms with Gasteiger partial charge in [0.25, 0.3) is 0 Å². The molecule has 1 rings (SSSR count). The summed E-state index contributed by atoms with van der Waals surface area (Å²) in [7, 11) is -3.67. The standard InChI is InChI=1S/C10H13N3O6S/c11-20(18,19)4-3-12-10(17)13-6-1-2-8(14)7(5-6)9(15)16/h1-2,5,14H,3-4H2,(H,15,16)(H2,11,18,19)(H2,12,13,17). The Bertz CT molecular complexity index is 628. The third kappa shape index (κ3) is 5.12. The molecule has 0 fully saturated rings. The van der Waals surface area contributed by atoms with Gasteiger partial charge in [0.2, 0.25) is 10.0 Å². The van der Waals surface area contributed by atoms with E-state index < -0.39 is 33.5 Å². The Labute approximate surface area is 114 Å². The summed E-state index contributed by atoms with van der Waals surface area (Å²) in [5, 5.41) is 27.3. The van der Waals surface area contributed by atoms with E-state index in [0.29, 0.717) is 0 Å². The van der Waals surface area contributed by atoms with Crippen molar-refractivity contribution in [2.24, 2.45) is 5.14 Å². The molecule has 2 amide bonds. The number of amides is 2. The van der Waals surface area contributed by atoms with Gasteiger partial charge in [0, 0.05) is 12.2 Å². The molecule has 0 atom stereocenters. The molecule has 10 heteroatoms. The summed E-state index contributed by atoms with van der Waals surface area (Å²) in [5.41, 5.74) is -0.236. The number of urea groups is 1. The number of primary sulfonamides is 1. The van der Waals surface area contributed by atoms with Gasteiger partial charge in [-0.1, -0.05) is 0 Å². The van der Waals surface area contributed by atoms with Gasteiger partial charge >= 0.3 is 12.0 Å². The van der Waals surface area contributed by atoms with Crippen LogP contribution in [0.5, 0.6) is 5.75 Å². The zero-order valence-corrected chi connectivity index (χ0v) is 11.0.